The van der Waals surface area contributed by atoms with Gasteiger partial charge in [-0.3, -0.25) is 0 Å². The Kier molecular flexibility index (Phi) is 2.88. The first-order valence-electron chi connectivity index (χ1n) is 5.99. The van der Waals surface area contributed by atoms with Gasteiger partial charge >= 0.3 is 0 Å². The first kappa shape index (κ1) is 11.4. The minimum Gasteiger partial charge on any atom is -0.482 e. The maximum Gasteiger partial charge on any atom is 0.143 e. The van der Waals surface area contributed by atoms with Crippen LogP contribution in [0.5, 0.6) is 5.75 Å². The summed E-state index contributed by atoms with van der Waals surface area (Å²) in [5.41, 5.74) is 3.30. The van der Waals surface area contributed by atoms with Crippen molar-refractivity contribution in [1.29, 1.82) is 0 Å². The normalized spacial score (nSPS) is 17.6. The van der Waals surface area contributed by atoms with Gasteiger partial charge in [-0.15, -0.1) is 0 Å². The van der Waals surface area contributed by atoms with Gasteiger partial charge in [-0.25, -0.2) is 0 Å². The highest BCUT2D eigenvalue weighted by molar-refractivity contribution is 6.31. The van der Waals surface area contributed by atoms with E-state index in [0.717, 1.165) is 28.6 Å². The Morgan fingerprint density at radius 3 is 2.89 bits per heavy atom. The molecule has 0 saturated carbocycles. The molecule has 0 spiro atoms. The van der Waals surface area contributed by atoms with Crippen molar-refractivity contribution >= 4 is 17.3 Å². The summed E-state index contributed by atoms with van der Waals surface area (Å²) >= 11 is 6.20. The molecular weight excluding hydrogens is 246 g/mol. The minimum atomic E-state index is -0.0334. The molecule has 1 heterocycles. The van der Waals surface area contributed by atoms with E-state index >= 15 is 0 Å². The maximum atomic E-state index is 6.20. The molecule has 1 unspecified atom stereocenters. The Morgan fingerprint density at radius 1 is 1.22 bits per heavy atom. The highest BCUT2D eigenvalue weighted by atomic mass is 35.5. The van der Waals surface area contributed by atoms with Crippen LogP contribution in [0.2, 0.25) is 5.02 Å². The lowest BCUT2D eigenvalue weighted by Gasteiger charge is -2.28. The Hall–Kier alpha value is -1.67. The molecule has 0 bridgehead atoms. The number of anilines is 1. The fourth-order valence-corrected chi connectivity index (χ4v) is 2.45. The largest absolute Gasteiger partial charge is 0.482 e. The molecule has 2 aromatic rings. The molecule has 0 aromatic heterocycles. The molecule has 0 fully saturated rings. The molecule has 92 valence electrons. The number of hydrogen-bond acceptors (Lipinski definition) is 2. The number of halogens is 1. The molecule has 18 heavy (non-hydrogen) atoms. The van der Waals surface area contributed by atoms with Gasteiger partial charge in [0.15, 0.2) is 0 Å². The van der Waals surface area contributed by atoms with Gasteiger partial charge in [0.1, 0.15) is 11.9 Å². The predicted octanol–water partition coefficient (Wildman–Crippen LogP) is 4.19. The summed E-state index contributed by atoms with van der Waals surface area (Å²) in [4.78, 5) is 0. The van der Waals surface area contributed by atoms with Crippen molar-refractivity contribution in [2.45, 2.75) is 13.0 Å². The lowest BCUT2D eigenvalue weighted by Crippen LogP contribution is -2.23. The molecule has 1 aliphatic heterocycles. The Bertz CT molecular complexity index is 582. The third-order valence-electron chi connectivity index (χ3n) is 3.13. The molecule has 1 N–H and O–H groups in total. The van der Waals surface area contributed by atoms with Crippen molar-refractivity contribution in [2.75, 3.05) is 11.9 Å². The van der Waals surface area contributed by atoms with Crippen molar-refractivity contribution in [3.8, 4) is 5.75 Å². The zero-order valence-electron chi connectivity index (χ0n) is 10.1. The number of fused-ring (bicyclic) bond motifs is 1. The maximum absolute atomic E-state index is 6.20. The van der Waals surface area contributed by atoms with Crippen LogP contribution in [0, 0.1) is 6.92 Å². The summed E-state index contributed by atoms with van der Waals surface area (Å²) in [7, 11) is 0. The molecule has 3 rings (SSSR count). The van der Waals surface area contributed by atoms with Gasteiger partial charge in [0.05, 0.1) is 12.2 Å². The van der Waals surface area contributed by atoms with E-state index < -0.39 is 0 Å². The van der Waals surface area contributed by atoms with Crippen LogP contribution in [0.25, 0.3) is 0 Å². The molecule has 1 aliphatic rings. The third-order valence-corrected chi connectivity index (χ3v) is 3.48. The molecule has 0 saturated heterocycles. The van der Waals surface area contributed by atoms with Crippen LogP contribution < -0.4 is 10.1 Å². The first-order chi connectivity index (χ1) is 8.74. The van der Waals surface area contributed by atoms with Crippen molar-refractivity contribution in [2.24, 2.45) is 0 Å². The van der Waals surface area contributed by atoms with E-state index in [1.165, 1.54) is 5.56 Å². The fourth-order valence-electron chi connectivity index (χ4n) is 2.19. The van der Waals surface area contributed by atoms with E-state index in [2.05, 4.69) is 24.4 Å². The van der Waals surface area contributed by atoms with Crippen LogP contribution in [0.1, 0.15) is 17.2 Å². The SMILES string of the molecule is Cc1ccc2c(c1)NCC(c1ccccc1Cl)O2. The second-order valence-corrected chi connectivity index (χ2v) is 4.92. The van der Waals surface area contributed by atoms with Crippen LogP contribution in [0.15, 0.2) is 42.5 Å². The Morgan fingerprint density at radius 2 is 2.06 bits per heavy atom. The second kappa shape index (κ2) is 4.54. The van der Waals surface area contributed by atoms with Gasteiger partial charge in [0, 0.05) is 10.6 Å². The van der Waals surface area contributed by atoms with Gasteiger partial charge in [-0.05, 0) is 30.7 Å². The molecule has 3 heteroatoms. The van der Waals surface area contributed by atoms with Crippen LogP contribution >= 0.6 is 11.6 Å². The number of hydrogen-bond donors (Lipinski definition) is 1. The molecule has 1 atom stereocenters. The average molecular weight is 260 g/mol. The monoisotopic (exact) mass is 259 g/mol. The molecular formula is C15H14ClNO. The topological polar surface area (TPSA) is 21.3 Å². The number of ether oxygens (including phenoxy) is 1. The minimum absolute atomic E-state index is 0.0334. The standard InChI is InChI=1S/C15H14ClNO/c1-10-6-7-14-13(8-10)17-9-15(18-14)11-4-2-3-5-12(11)16/h2-8,15,17H,9H2,1H3. The summed E-state index contributed by atoms with van der Waals surface area (Å²) in [6.45, 7) is 2.81. The van der Waals surface area contributed by atoms with Crippen LogP contribution in [0.3, 0.4) is 0 Å². The lowest BCUT2D eigenvalue weighted by atomic mass is 10.1. The predicted molar refractivity (Wildman–Crippen MR) is 74.5 cm³/mol. The lowest BCUT2D eigenvalue weighted by molar-refractivity contribution is 0.210. The molecule has 2 aromatic carbocycles. The second-order valence-electron chi connectivity index (χ2n) is 4.51. The molecule has 2 nitrogen and oxygen atoms in total. The van der Waals surface area contributed by atoms with Crippen molar-refractivity contribution in [3.63, 3.8) is 0 Å². The van der Waals surface area contributed by atoms with Crippen LogP contribution in [0.4, 0.5) is 5.69 Å². The smallest absolute Gasteiger partial charge is 0.143 e. The molecule has 0 amide bonds. The van der Waals surface area contributed by atoms with Gasteiger partial charge in [0.2, 0.25) is 0 Å². The van der Waals surface area contributed by atoms with E-state index in [0.29, 0.717) is 0 Å². The van der Waals surface area contributed by atoms with Crippen molar-refractivity contribution in [1.82, 2.24) is 0 Å². The average Bonchev–Trinajstić information content (AvgIpc) is 2.39. The first-order valence-corrected chi connectivity index (χ1v) is 6.37. The molecule has 0 aliphatic carbocycles. The summed E-state index contributed by atoms with van der Waals surface area (Å²) < 4.78 is 6.01. The number of aryl methyl sites for hydroxylation is 1. The quantitative estimate of drug-likeness (QED) is 0.829. The van der Waals surface area contributed by atoms with Crippen LogP contribution in [-0.4, -0.2) is 6.54 Å². The zero-order chi connectivity index (χ0) is 12.5. The summed E-state index contributed by atoms with van der Waals surface area (Å²) in [5, 5.41) is 4.15. The summed E-state index contributed by atoms with van der Waals surface area (Å²) in [6.07, 6.45) is -0.0334. The van der Waals surface area contributed by atoms with Crippen LogP contribution in [-0.2, 0) is 0 Å². The van der Waals surface area contributed by atoms with E-state index in [-0.39, 0.29) is 6.10 Å². The number of benzene rings is 2. The van der Waals surface area contributed by atoms with E-state index in [1.807, 2.05) is 30.3 Å². The highest BCUT2D eigenvalue weighted by Crippen LogP contribution is 2.36. The zero-order valence-corrected chi connectivity index (χ0v) is 10.9. The van der Waals surface area contributed by atoms with Gasteiger partial charge in [-0.1, -0.05) is 35.9 Å². The number of rotatable bonds is 1. The van der Waals surface area contributed by atoms with Crippen molar-refractivity contribution in [3.05, 3.63) is 58.6 Å². The Labute approximate surface area is 112 Å². The third kappa shape index (κ3) is 2.04. The van der Waals surface area contributed by atoms with Crippen molar-refractivity contribution < 1.29 is 4.74 Å². The summed E-state index contributed by atoms with van der Waals surface area (Å²) in [6, 6.07) is 14.0. The molecule has 0 radical (unpaired) electrons. The fraction of sp³-hybridized carbons (Fsp3) is 0.200. The Balaban J connectivity index is 1.92. The van der Waals surface area contributed by atoms with E-state index in [9.17, 15) is 0 Å². The number of nitrogens with one attached hydrogen (secondary N) is 1. The highest BCUT2D eigenvalue weighted by Gasteiger charge is 2.22. The van der Waals surface area contributed by atoms with E-state index in [4.69, 9.17) is 16.3 Å². The van der Waals surface area contributed by atoms with Gasteiger partial charge in [-0.2, -0.15) is 0 Å². The van der Waals surface area contributed by atoms with Gasteiger partial charge in [0.25, 0.3) is 0 Å². The summed E-state index contributed by atoms with van der Waals surface area (Å²) in [5.74, 6) is 0.886. The van der Waals surface area contributed by atoms with Gasteiger partial charge < -0.3 is 10.1 Å². The van der Waals surface area contributed by atoms with E-state index in [1.54, 1.807) is 0 Å².